The first-order chi connectivity index (χ1) is 12.0. The molecule has 6 heteroatoms. The van der Waals surface area contributed by atoms with Crippen molar-refractivity contribution in [3.63, 3.8) is 0 Å². The maximum atomic E-state index is 12.4. The Morgan fingerprint density at radius 1 is 1.12 bits per heavy atom. The van der Waals surface area contributed by atoms with Crippen molar-refractivity contribution in [1.29, 1.82) is 0 Å². The largest absolute Gasteiger partial charge is 0.340 e. The van der Waals surface area contributed by atoms with E-state index in [1.807, 2.05) is 36.1 Å². The van der Waals surface area contributed by atoms with Crippen molar-refractivity contribution in [3.05, 3.63) is 42.0 Å². The molecule has 0 radical (unpaired) electrons. The molecule has 0 aromatic heterocycles. The lowest BCUT2D eigenvalue weighted by Gasteiger charge is -2.34. The van der Waals surface area contributed by atoms with Crippen LogP contribution < -0.4 is 10.6 Å². The summed E-state index contributed by atoms with van der Waals surface area (Å²) < 4.78 is 0. The van der Waals surface area contributed by atoms with E-state index >= 15 is 0 Å². The Kier molecular flexibility index (Phi) is 7.01. The van der Waals surface area contributed by atoms with Crippen LogP contribution in [0.1, 0.15) is 19.4 Å². The zero-order valence-electron chi connectivity index (χ0n) is 15.2. The van der Waals surface area contributed by atoms with Gasteiger partial charge in [0.25, 0.3) is 0 Å². The van der Waals surface area contributed by atoms with Gasteiger partial charge < -0.3 is 20.4 Å². The summed E-state index contributed by atoms with van der Waals surface area (Å²) >= 11 is 0. The van der Waals surface area contributed by atoms with E-state index in [9.17, 15) is 9.59 Å². The Morgan fingerprint density at radius 2 is 1.76 bits per heavy atom. The SMILES string of the molecule is C=C(C)CNC(=O)Nc1ccc(CC(=O)N2CCN(CC)CC2)cc1. The summed E-state index contributed by atoms with van der Waals surface area (Å²) in [6.45, 7) is 12.7. The molecule has 1 aliphatic heterocycles. The molecule has 1 fully saturated rings. The van der Waals surface area contributed by atoms with Gasteiger partial charge in [-0.05, 0) is 31.2 Å². The second-order valence-electron chi connectivity index (χ2n) is 6.45. The zero-order chi connectivity index (χ0) is 18.2. The van der Waals surface area contributed by atoms with E-state index in [0.29, 0.717) is 18.7 Å². The van der Waals surface area contributed by atoms with E-state index in [4.69, 9.17) is 0 Å². The molecule has 25 heavy (non-hydrogen) atoms. The molecule has 6 nitrogen and oxygen atoms in total. The number of carbonyl (C=O) groups is 2. The fourth-order valence-electron chi connectivity index (χ4n) is 2.71. The maximum absolute atomic E-state index is 12.4. The van der Waals surface area contributed by atoms with Crippen LogP contribution in [0.3, 0.4) is 0 Å². The summed E-state index contributed by atoms with van der Waals surface area (Å²) in [5, 5.41) is 5.47. The molecule has 0 saturated carbocycles. The average molecular weight is 344 g/mol. The van der Waals surface area contributed by atoms with Crippen LogP contribution in [0.25, 0.3) is 0 Å². The van der Waals surface area contributed by atoms with Gasteiger partial charge in [0, 0.05) is 38.4 Å². The maximum Gasteiger partial charge on any atom is 0.319 e. The van der Waals surface area contributed by atoms with Gasteiger partial charge in [-0.2, -0.15) is 0 Å². The average Bonchev–Trinajstić information content (AvgIpc) is 2.61. The standard InChI is InChI=1S/C19H28N4O2/c1-4-22-9-11-23(12-10-22)18(24)13-16-5-7-17(8-6-16)21-19(25)20-14-15(2)3/h5-8H,2,4,9-14H2,1,3H3,(H2,20,21,25). The lowest BCUT2D eigenvalue weighted by atomic mass is 10.1. The molecule has 1 aliphatic rings. The zero-order valence-corrected chi connectivity index (χ0v) is 15.2. The highest BCUT2D eigenvalue weighted by Crippen LogP contribution is 2.12. The number of anilines is 1. The molecule has 3 amide bonds. The van der Waals surface area contributed by atoms with Crippen molar-refractivity contribution in [3.8, 4) is 0 Å². The molecule has 1 saturated heterocycles. The van der Waals surface area contributed by atoms with Gasteiger partial charge in [-0.3, -0.25) is 4.79 Å². The number of nitrogens with zero attached hydrogens (tertiary/aromatic N) is 2. The monoisotopic (exact) mass is 344 g/mol. The third-order valence-electron chi connectivity index (χ3n) is 4.29. The van der Waals surface area contributed by atoms with Crippen molar-refractivity contribution >= 4 is 17.6 Å². The molecule has 2 rings (SSSR count). The Labute approximate surface area is 149 Å². The van der Waals surface area contributed by atoms with Crippen molar-refractivity contribution in [2.45, 2.75) is 20.3 Å². The number of urea groups is 1. The van der Waals surface area contributed by atoms with E-state index in [0.717, 1.165) is 43.9 Å². The molecule has 1 heterocycles. The lowest BCUT2D eigenvalue weighted by molar-refractivity contribution is -0.132. The van der Waals surface area contributed by atoms with Gasteiger partial charge in [0.15, 0.2) is 0 Å². The molecular formula is C19H28N4O2. The van der Waals surface area contributed by atoms with Gasteiger partial charge >= 0.3 is 6.03 Å². The third kappa shape index (κ3) is 6.23. The van der Waals surface area contributed by atoms with E-state index < -0.39 is 0 Å². The predicted molar refractivity (Wildman–Crippen MR) is 101 cm³/mol. The highest BCUT2D eigenvalue weighted by atomic mass is 16.2. The number of likely N-dealkylation sites (N-methyl/N-ethyl adjacent to an activating group) is 1. The van der Waals surface area contributed by atoms with Crippen LogP contribution in [0.15, 0.2) is 36.4 Å². The quantitative estimate of drug-likeness (QED) is 0.777. The van der Waals surface area contributed by atoms with Gasteiger partial charge in [-0.25, -0.2) is 4.79 Å². The smallest absolute Gasteiger partial charge is 0.319 e. The first-order valence-electron chi connectivity index (χ1n) is 8.76. The third-order valence-corrected chi connectivity index (χ3v) is 4.29. The Hall–Kier alpha value is -2.34. The van der Waals surface area contributed by atoms with Gasteiger partial charge in [0.1, 0.15) is 0 Å². The predicted octanol–water partition coefficient (Wildman–Crippen LogP) is 2.09. The van der Waals surface area contributed by atoms with Crippen LogP contribution in [-0.2, 0) is 11.2 Å². The van der Waals surface area contributed by atoms with Crippen molar-refractivity contribution in [2.24, 2.45) is 0 Å². The number of amides is 3. The molecule has 0 bridgehead atoms. The van der Waals surface area contributed by atoms with Crippen LogP contribution in [0.4, 0.5) is 10.5 Å². The van der Waals surface area contributed by atoms with Crippen molar-refractivity contribution in [2.75, 3.05) is 44.6 Å². The highest BCUT2D eigenvalue weighted by molar-refractivity contribution is 5.89. The van der Waals surface area contributed by atoms with Gasteiger partial charge in [0.2, 0.25) is 5.91 Å². The van der Waals surface area contributed by atoms with E-state index in [1.54, 1.807) is 0 Å². The molecule has 136 valence electrons. The molecule has 0 spiro atoms. The summed E-state index contributed by atoms with van der Waals surface area (Å²) in [7, 11) is 0. The molecular weight excluding hydrogens is 316 g/mol. The Balaban J connectivity index is 1.80. The molecule has 0 unspecified atom stereocenters. The van der Waals surface area contributed by atoms with Gasteiger partial charge in [0.05, 0.1) is 6.42 Å². The summed E-state index contributed by atoms with van der Waals surface area (Å²) in [6.07, 6.45) is 0.397. The summed E-state index contributed by atoms with van der Waals surface area (Å²) in [5.74, 6) is 0.163. The first kappa shape index (κ1) is 19.0. The molecule has 0 atom stereocenters. The molecule has 1 aromatic carbocycles. The fourth-order valence-corrected chi connectivity index (χ4v) is 2.71. The minimum absolute atomic E-state index is 0.163. The second-order valence-corrected chi connectivity index (χ2v) is 6.45. The Bertz CT molecular complexity index is 604. The highest BCUT2D eigenvalue weighted by Gasteiger charge is 2.20. The van der Waals surface area contributed by atoms with Crippen LogP contribution >= 0.6 is 0 Å². The number of benzene rings is 1. The number of rotatable bonds is 6. The van der Waals surface area contributed by atoms with Crippen LogP contribution in [0.2, 0.25) is 0 Å². The molecule has 0 aliphatic carbocycles. The normalized spacial score (nSPS) is 14.9. The van der Waals surface area contributed by atoms with Crippen molar-refractivity contribution in [1.82, 2.24) is 15.1 Å². The Morgan fingerprint density at radius 3 is 2.32 bits per heavy atom. The minimum atomic E-state index is -0.263. The number of hydrogen-bond donors (Lipinski definition) is 2. The number of nitrogens with one attached hydrogen (secondary N) is 2. The first-order valence-corrected chi connectivity index (χ1v) is 8.76. The lowest BCUT2D eigenvalue weighted by Crippen LogP contribution is -2.48. The fraction of sp³-hybridized carbons (Fsp3) is 0.474. The topological polar surface area (TPSA) is 64.7 Å². The number of piperazine rings is 1. The van der Waals surface area contributed by atoms with E-state index in [1.165, 1.54) is 0 Å². The molecule has 2 N–H and O–H groups in total. The number of carbonyl (C=O) groups excluding carboxylic acids is 2. The minimum Gasteiger partial charge on any atom is -0.340 e. The van der Waals surface area contributed by atoms with E-state index in [-0.39, 0.29) is 11.9 Å². The molecule has 1 aromatic rings. The summed E-state index contributed by atoms with van der Waals surface area (Å²) in [4.78, 5) is 28.4. The van der Waals surface area contributed by atoms with Crippen LogP contribution in [-0.4, -0.2) is 61.0 Å². The van der Waals surface area contributed by atoms with Gasteiger partial charge in [-0.1, -0.05) is 31.2 Å². The second kappa shape index (κ2) is 9.22. The summed E-state index contributed by atoms with van der Waals surface area (Å²) in [6, 6.07) is 7.14. The van der Waals surface area contributed by atoms with Gasteiger partial charge in [-0.15, -0.1) is 0 Å². The van der Waals surface area contributed by atoms with Crippen LogP contribution in [0.5, 0.6) is 0 Å². The van der Waals surface area contributed by atoms with E-state index in [2.05, 4.69) is 29.0 Å². The number of hydrogen-bond acceptors (Lipinski definition) is 3. The van der Waals surface area contributed by atoms with Crippen LogP contribution in [0, 0.1) is 0 Å². The summed E-state index contributed by atoms with van der Waals surface area (Å²) in [5.41, 5.74) is 2.55. The van der Waals surface area contributed by atoms with Crippen molar-refractivity contribution < 1.29 is 9.59 Å².